The van der Waals surface area contributed by atoms with Crippen molar-refractivity contribution >= 4 is 11.6 Å². The Morgan fingerprint density at radius 1 is 1.30 bits per heavy atom. The van der Waals surface area contributed by atoms with E-state index in [1.54, 1.807) is 0 Å². The number of piperidine rings is 1. The number of aryl methyl sites for hydroxylation is 1. The number of aromatic nitrogens is 2. The smallest absolute Gasteiger partial charge is 0.134 e. The molecule has 20 heavy (non-hydrogen) atoms. The van der Waals surface area contributed by atoms with Crippen LogP contribution in [0.4, 0.5) is 11.6 Å². The highest BCUT2D eigenvalue weighted by Gasteiger charge is 2.23. The summed E-state index contributed by atoms with van der Waals surface area (Å²) in [6, 6.07) is 1.13. The fourth-order valence-corrected chi connectivity index (χ4v) is 2.72. The summed E-state index contributed by atoms with van der Waals surface area (Å²) < 4.78 is 0. The normalized spacial score (nSPS) is 23.6. The molecule has 2 N–H and O–H groups in total. The number of nitrogens with zero attached hydrogens (tertiary/aromatic N) is 3. The van der Waals surface area contributed by atoms with E-state index in [1.165, 1.54) is 6.42 Å². The van der Waals surface area contributed by atoms with E-state index in [4.69, 9.17) is 0 Å². The molecule has 0 amide bonds. The molecule has 0 radical (unpaired) electrons. The zero-order valence-corrected chi connectivity index (χ0v) is 13.3. The van der Waals surface area contributed by atoms with Gasteiger partial charge in [0.1, 0.15) is 17.5 Å². The van der Waals surface area contributed by atoms with Crippen LogP contribution in [0.3, 0.4) is 0 Å². The molecule has 2 atom stereocenters. The molecule has 5 heteroatoms. The Morgan fingerprint density at radius 2 is 2.00 bits per heavy atom. The molecule has 1 aliphatic heterocycles. The lowest BCUT2D eigenvalue weighted by Gasteiger charge is -2.35. The van der Waals surface area contributed by atoms with Gasteiger partial charge in [0, 0.05) is 37.7 Å². The van der Waals surface area contributed by atoms with Gasteiger partial charge in [0.2, 0.25) is 0 Å². The van der Waals surface area contributed by atoms with Crippen molar-refractivity contribution in [3.05, 3.63) is 11.4 Å². The first-order valence-corrected chi connectivity index (χ1v) is 7.57. The molecule has 1 saturated heterocycles. The maximum atomic E-state index is 4.66. The van der Waals surface area contributed by atoms with Crippen molar-refractivity contribution in [3.8, 4) is 0 Å². The lowest BCUT2D eigenvalue weighted by molar-refractivity contribution is 0.190. The minimum atomic E-state index is 0.504. The Morgan fingerprint density at radius 3 is 2.60 bits per heavy atom. The Hall–Kier alpha value is -1.36. The van der Waals surface area contributed by atoms with Crippen molar-refractivity contribution in [2.45, 2.75) is 52.1 Å². The maximum Gasteiger partial charge on any atom is 0.134 e. The fourth-order valence-electron chi connectivity index (χ4n) is 2.72. The highest BCUT2D eigenvalue weighted by Crippen LogP contribution is 2.24. The molecule has 1 aliphatic rings. The summed E-state index contributed by atoms with van der Waals surface area (Å²) in [5.74, 6) is 2.81. The summed E-state index contributed by atoms with van der Waals surface area (Å²) in [5.41, 5.74) is 1.11. The highest BCUT2D eigenvalue weighted by atomic mass is 15.2. The molecule has 0 aromatic carbocycles. The zero-order valence-electron chi connectivity index (χ0n) is 13.3. The first kappa shape index (κ1) is 15.0. The molecule has 0 saturated carbocycles. The molecule has 1 aromatic heterocycles. The second-order valence-electron chi connectivity index (χ2n) is 5.76. The first-order valence-electron chi connectivity index (χ1n) is 7.57. The van der Waals surface area contributed by atoms with Crippen molar-refractivity contribution in [3.63, 3.8) is 0 Å². The van der Waals surface area contributed by atoms with Gasteiger partial charge in [-0.3, -0.25) is 0 Å². The summed E-state index contributed by atoms with van der Waals surface area (Å²) in [4.78, 5) is 11.6. The Balaban J connectivity index is 2.16. The topological polar surface area (TPSA) is 53.1 Å². The van der Waals surface area contributed by atoms with Gasteiger partial charge in [0.25, 0.3) is 0 Å². The van der Waals surface area contributed by atoms with E-state index in [9.17, 15) is 0 Å². The first-order chi connectivity index (χ1) is 9.55. The molecule has 2 unspecified atom stereocenters. The van der Waals surface area contributed by atoms with Gasteiger partial charge in [-0.05, 0) is 33.7 Å². The SMILES string of the molecule is CCc1nc(NC)c(C)c(NC2CCN(C)C(C)C2)n1. The standard InChI is InChI=1S/C15H27N5/c1-6-13-18-14(16-4)11(3)15(19-13)17-12-7-8-20(5)10(2)9-12/h10,12H,6-9H2,1-5H3,(H2,16,17,18,19). The third-order valence-electron chi connectivity index (χ3n) is 4.29. The Kier molecular flexibility index (Phi) is 4.81. The lowest BCUT2D eigenvalue weighted by Crippen LogP contribution is -2.42. The van der Waals surface area contributed by atoms with E-state index in [-0.39, 0.29) is 0 Å². The fraction of sp³-hybridized carbons (Fsp3) is 0.733. The number of hydrogen-bond donors (Lipinski definition) is 2. The molecule has 2 heterocycles. The largest absolute Gasteiger partial charge is 0.373 e. The predicted molar refractivity (Wildman–Crippen MR) is 84.4 cm³/mol. The average molecular weight is 277 g/mol. The van der Waals surface area contributed by atoms with E-state index >= 15 is 0 Å². The number of rotatable bonds is 4. The van der Waals surface area contributed by atoms with Gasteiger partial charge in [0.05, 0.1) is 0 Å². The zero-order chi connectivity index (χ0) is 14.7. The molecule has 1 aromatic rings. The van der Waals surface area contributed by atoms with E-state index < -0.39 is 0 Å². The van der Waals surface area contributed by atoms with Gasteiger partial charge in [-0.15, -0.1) is 0 Å². The van der Waals surface area contributed by atoms with Gasteiger partial charge in [0.15, 0.2) is 0 Å². The van der Waals surface area contributed by atoms with E-state index in [2.05, 4.69) is 53.3 Å². The molecule has 0 aliphatic carbocycles. The van der Waals surface area contributed by atoms with Crippen LogP contribution < -0.4 is 10.6 Å². The number of nitrogens with one attached hydrogen (secondary N) is 2. The maximum absolute atomic E-state index is 4.66. The Bertz CT molecular complexity index is 460. The van der Waals surface area contributed by atoms with E-state index in [0.717, 1.165) is 42.4 Å². The van der Waals surface area contributed by atoms with Crippen molar-refractivity contribution in [2.75, 3.05) is 31.3 Å². The van der Waals surface area contributed by atoms with Crippen LogP contribution in [0, 0.1) is 6.92 Å². The predicted octanol–water partition coefficient (Wildman–Crippen LogP) is 2.28. The van der Waals surface area contributed by atoms with Crippen LogP contribution >= 0.6 is 0 Å². The van der Waals surface area contributed by atoms with Gasteiger partial charge in [-0.1, -0.05) is 6.92 Å². The monoisotopic (exact) mass is 277 g/mol. The summed E-state index contributed by atoms with van der Waals surface area (Å²) in [7, 11) is 4.11. The van der Waals surface area contributed by atoms with Crippen LogP contribution in [0.15, 0.2) is 0 Å². The van der Waals surface area contributed by atoms with Crippen LogP contribution in [-0.2, 0) is 6.42 Å². The van der Waals surface area contributed by atoms with Crippen LogP contribution in [0.2, 0.25) is 0 Å². The summed E-state index contributed by atoms with van der Waals surface area (Å²) >= 11 is 0. The summed E-state index contributed by atoms with van der Waals surface area (Å²) in [5, 5.41) is 6.80. The minimum absolute atomic E-state index is 0.504. The summed E-state index contributed by atoms with van der Waals surface area (Å²) in [6.07, 6.45) is 3.18. The minimum Gasteiger partial charge on any atom is -0.373 e. The van der Waals surface area contributed by atoms with Crippen molar-refractivity contribution in [1.29, 1.82) is 0 Å². The van der Waals surface area contributed by atoms with Gasteiger partial charge in [-0.25, -0.2) is 9.97 Å². The molecule has 5 nitrogen and oxygen atoms in total. The van der Waals surface area contributed by atoms with Crippen molar-refractivity contribution in [1.82, 2.24) is 14.9 Å². The molecular formula is C15H27N5. The molecule has 1 fully saturated rings. The van der Waals surface area contributed by atoms with Gasteiger partial charge in [-0.2, -0.15) is 0 Å². The third kappa shape index (κ3) is 3.20. The van der Waals surface area contributed by atoms with Crippen molar-refractivity contribution < 1.29 is 0 Å². The Labute approximate surface area is 122 Å². The summed E-state index contributed by atoms with van der Waals surface area (Å²) in [6.45, 7) is 7.59. The molecule has 2 rings (SSSR count). The van der Waals surface area contributed by atoms with Gasteiger partial charge >= 0.3 is 0 Å². The second-order valence-corrected chi connectivity index (χ2v) is 5.76. The van der Waals surface area contributed by atoms with Crippen LogP contribution in [-0.4, -0.2) is 47.6 Å². The van der Waals surface area contributed by atoms with Crippen LogP contribution in [0.25, 0.3) is 0 Å². The number of hydrogen-bond acceptors (Lipinski definition) is 5. The second kappa shape index (κ2) is 6.39. The lowest BCUT2D eigenvalue weighted by atomic mass is 9.99. The van der Waals surface area contributed by atoms with Gasteiger partial charge < -0.3 is 15.5 Å². The number of likely N-dealkylation sites (tertiary alicyclic amines) is 1. The molecule has 0 spiro atoms. The van der Waals surface area contributed by atoms with Crippen molar-refractivity contribution in [2.24, 2.45) is 0 Å². The average Bonchev–Trinajstić information content (AvgIpc) is 2.45. The van der Waals surface area contributed by atoms with E-state index in [0.29, 0.717) is 12.1 Å². The van der Waals surface area contributed by atoms with Crippen LogP contribution in [0.5, 0.6) is 0 Å². The highest BCUT2D eigenvalue weighted by molar-refractivity contribution is 5.57. The number of anilines is 2. The molecule has 0 bridgehead atoms. The quantitative estimate of drug-likeness (QED) is 0.884. The molecule has 112 valence electrons. The van der Waals surface area contributed by atoms with E-state index in [1.807, 2.05) is 7.05 Å². The third-order valence-corrected chi connectivity index (χ3v) is 4.29. The van der Waals surface area contributed by atoms with Crippen LogP contribution in [0.1, 0.15) is 38.1 Å². The molecular weight excluding hydrogens is 250 g/mol.